The van der Waals surface area contributed by atoms with Crippen LogP contribution >= 0.6 is 15.6 Å². The van der Waals surface area contributed by atoms with Crippen molar-refractivity contribution in [1.82, 2.24) is 14.9 Å². The van der Waals surface area contributed by atoms with Gasteiger partial charge in [0.05, 0.1) is 13.2 Å². The maximum atomic E-state index is 12.8. The first-order chi connectivity index (χ1) is 20.9. The lowest BCUT2D eigenvalue weighted by Crippen LogP contribution is -2.65. The number of aromatic nitrogens is 2. The maximum absolute atomic E-state index is 12.8. The number of nitrogens with one attached hydrogen (secondary N) is 2. The molecule has 3 heterocycles. The number of H-pyrrole nitrogens is 1. The van der Waals surface area contributed by atoms with Crippen LogP contribution in [0.2, 0.25) is 0 Å². The van der Waals surface area contributed by atoms with Crippen molar-refractivity contribution in [2.24, 2.45) is 0 Å². The number of carbonyl (C=O) groups excluding carboxylic acids is 1. The number of nitrogens with zero attached hydrogens (tertiary/aromatic N) is 1. The molecule has 0 aromatic carbocycles. The van der Waals surface area contributed by atoms with Crippen molar-refractivity contribution in [2.75, 3.05) is 13.2 Å². The second-order valence-corrected chi connectivity index (χ2v) is 12.5. The highest BCUT2D eigenvalue weighted by atomic mass is 31.3. The third-order valence-electron chi connectivity index (χ3n) is 6.27. The Labute approximate surface area is 251 Å². The van der Waals surface area contributed by atoms with Gasteiger partial charge in [0.1, 0.15) is 36.6 Å². The first kappa shape index (κ1) is 36.6. The maximum Gasteiger partial charge on any atom is 0.483 e. The molecule has 0 radical (unpaired) electrons. The fourth-order valence-corrected chi connectivity index (χ4v) is 6.44. The van der Waals surface area contributed by atoms with Crippen molar-refractivity contribution in [3.05, 3.63) is 44.9 Å². The van der Waals surface area contributed by atoms with E-state index in [1.165, 1.54) is 6.92 Å². The number of ether oxygens (including phenoxy) is 3. The number of rotatable bonds is 13. The van der Waals surface area contributed by atoms with Gasteiger partial charge in [-0.15, -0.1) is 0 Å². The minimum atomic E-state index is -5.76. The average molecular weight is 691 g/mol. The van der Waals surface area contributed by atoms with Gasteiger partial charge in [-0.3, -0.25) is 28.2 Å². The summed E-state index contributed by atoms with van der Waals surface area (Å²) in [6.07, 6.45) is -12.4. The SMILES string of the molecule is C/C=C(\O[C@H]1[C@H](O)[C@@H](CO)O[C@H](OP(=O)(O)OP(=O)(O)OC[C@H]2O[C@@H](n3ccc(=O)[nH]c3=O)[C@H](O)[C@@H]2O)[C@@H]1NC(C)=O)C(=O)O. The molecule has 2 fully saturated rings. The number of aliphatic carboxylic acids is 1. The first-order valence-electron chi connectivity index (χ1n) is 12.7. The summed E-state index contributed by atoms with van der Waals surface area (Å²) in [5, 5.41) is 52.2. The summed E-state index contributed by atoms with van der Waals surface area (Å²) >= 11 is 0. The fourth-order valence-electron chi connectivity index (χ4n) is 4.27. The molecule has 0 bridgehead atoms. The number of amides is 1. The van der Waals surface area contributed by atoms with Crippen LogP contribution in [0.4, 0.5) is 0 Å². The van der Waals surface area contributed by atoms with Crippen LogP contribution < -0.4 is 16.6 Å². The second-order valence-electron chi connectivity index (χ2n) is 9.47. The predicted octanol–water partition coefficient (Wildman–Crippen LogP) is -3.64. The number of carbonyl (C=O) groups is 2. The van der Waals surface area contributed by atoms with Gasteiger partial charge in [0.25, 0.3) is 5.56 Å². The Morgan fingerprint density at radius 3 is 2.31 bits per heavy atom. The summed E-state index contributed by atoms with van der Waals surface area (Å²) in [5.41, 5.74) is -1.79. The number of allylic oxidation sites excluding steroid dienone is 1. The minimum Gasteiger partial charge on any atom is -0.478 e. The third kappa shape index (κ3) is 9.14. The zero-order chi connectivity index (χ0) is 33.9. The summed E-state index contributed by atoms with van der Waals surface area (Å²) in [4.78, 5) is 68.8. The van der Waals surface area contributed by atoms with Gasteiger partial charge < -0.3 is 54.8 Å². The number of hydrogen-bond acceptors (Lipinski definition) is 16. The number of carboxylic acids is 1. The van der Waals surface area contributed by atoms with Crippen molar-refractivity contribution in [3.63, 3.8) is 0 Å². The van der Waals surface area contributed by atoms with Crippen LogP contribution in [0, 0.1) is 0 Å². The molecule has 24 heteroatoms. The summed E-state index contributed by atoms with van der Waals surface area (Å²) in [6.45, 7) is 0.164. The lowest BCUT2D eigenvalue weighted by molar-refractivity contribution is -0.251. The molecular weight excluding hydrogens is 660 g/mol. The molecular formula is C21H31N3O19P2. The van der Waals surface area contributed by atoms with Crippen LogP contribution in [0.5, 0.6) is 0 Å². The van der Waals surface area contributed by atoms with Crippen LogP contribution in [-0.2, 0) is 46.3 Å². The largest absolute Gasteiger partial charge is 0.483 e. The number of hydrogen-bond donors (Lipinski definition) is 9. The topological polar surface area (TPSA) is 332 Å². The van der Waals surface area contributed by atoms with E-state index >= 15 is 0 Å². The molecule has 1 aromatic heterocycles. The zero-order valence-corrected chi connectivity index (χ0v) is 25.0. The predicted molar refractivity (Wildman–Crippen MR) is 141 cm³/mol. The van der Waals surface area contributed by atoms with E-state index in [0.29, 0.717) is 4.57 Å². The molecule has 2 aliphatic heterocycles. The van der Waals surface area contributed by atoms with Gasteiger partial charge in [-0.05, 0) is 13.0 Å². The van der Waals surface area contributed by atoms with Crippen molar-refractivity contribution in [2.45, 2.75) is 69.0 Å². The molecule has 3 rings (SSSR count). The molecule has 9 N–H and O–H groups in total. The van der Waals surface area contributed by atoms with Gasteiger partial charge in [0, 0.05) is 19.2 Å². The summed E-state index contributed by atoms with van der Waals surface area (Å²) in [5.74, 6) is -3.20. The highest BCUT2D eigenvalue weighted by Gasteiger charge is 2.52. The first-order valence-corrected chi connectivity index (χ1v) is 15.7. The van der Waals surface area contributed by atoms with E-state index in [1.54, 1.807) is 0 Å². The van der Waals surface area contributed by atoms with Crippen LogP contribution in [0.1, 0.15) is 20.1 Å². The number of phosphoric ester groups is 2. The highest BCUT2D eigenvalue weighted by molar-refractivity contribution is 7.61. The molecule has 1 amide bonds. The minimum absolute atomic E-state index is 0.707. The monoisotopic (exact) mass is 691 g/mol. The normalized spacial score (nSPS) is 33.2. The van der Waals surface area contributed by atoms with Gasteiger partial charge in [-0.1, -0.05) is 0 Å². The molecule has 2 aliphatic rings. The third-order valence-corrected chi connectivity index (χ3v) is 8.87. The molecule has 2 saturated heterocycles. The second kappa shape index (κ2) is 14.7. The summed E-state index contributed by atoms with van der Waals surface area (Å²) in [6, 6.07) is -0.868. The van der Waals surface area contributed by atoms with E-state index in [0.717, 1.165) is 25.3 Å². The molecule has 0 aliphatic carbocycles. The van der Waals surface area contributed by atoms with Crippen LogP contribution in [-0.4, -0.2) is 119 Å². The van der Waals surface area contributed by atoms with Gasteiger partial charge >= 0.3 is 27.3 Å². The Morgan fingerprint density at radius 2 is 1.76 bits per heavy atom. The Bertz CT molecular complexity index is 1480. The van der Waals surface area contributed by atoms with E-state index in [1.807, 2.05) is 4.98 Å². The van der Waals surface area contributed by atoms with Gasteiger partial charge in [-0.25, -0.2) is 18.7 Å². The fraction of sp³-hybridized carbons (Fsp3) is 0.619. The van der Waals surface area contributed by atoms with Crippen molar-refractivity contribution in [1.29, 1.82) is 0 Å². The molecule has 11 atom stereocenters. The van der Waals surface area contributed by atoms with Crippen LogP contribution in [0.25, 0.3) is 0 Å². The Balaban J connectivity index is 1.74. The smallest absolute Gasteiger partial charge is 0.478 e. The molecule has 254 valence electrons. The number of aromatic amines is 1. The van der Waals surface area contributed by atoms with E-state index < -0.39 is 113 Å². The Kier molecular flexibility index (Phi) is 12.0. The number of carboxylic acid groups (broad SMARTS) is 1. The Hall–Kier alpha value is -2.82. The molecule has 22 nitrogen and oxygen atoms in total. The van der Waals surface area contributed by atoms with Crippen LogP contribution in [0.15, 0.2) is 33.7 Å². The van der Waals surface area contributed by atoms with E-state index in [2.05, 4.69) is 14.2 Å². The lowest BCUT2D eigenvalue weighted by Gasteiger charge is -2.44. The van der Waals surface area contributed by atoms with Gasteiger partial charge in [-0.2, -0.15) is 4.31 Å². The van der Waals surface area contributed by atoms with Crippen molar-refractivity contribution in [3.8, 4) is 0 Å². The van der Waals surface area contributed by atoms with E-state index in [4.69, 9.17) is 18.7 Å². The Morgan fingerprint density at radius 1 is 1.09 bits per heavy atom. The average Bonchev–Trinajstić information content (AvgIpc) is 3.20. The quantitative estimate of drug-likeness (QED) is 0.0547. The lowest BCUT2D eigenvalue weighted by atomic mass is 9.96. The summed E-state index contributed by atoms with van der Waals surface area (Å²) in [7, 11) is -11.4. The van der Waals surface area contributed by atoms with Crippen LogP contribution in [0.3, 0.4) is 0 Å². The van der Waals surface area contributed by atoms with Crippen molar-refractivity contribution < 1.29 is 81.6 Å². The number of phosphoric acid groups is 2. The van der Waals surface area contributed by atoms with E-state index in [-0.39, 0.29) is 0 Å². The molecule has 0 spiro atoms. The standard InChI is InChI=1S/C21H31N3O19P2/c1-3-9(19(31)32)39-17-13(22-8(2)26)20(41-10(6-25)15(17)29)42-45(36,37)43-44(34,35)38-7-11-14(28)16(30)18(40-11)24-5-4-12(27)23-21(24)33/h3-5,10-11,13-18,20,25,28-30H,6-7H2,1-2H3,(H,22,26)(H,31,32)(H,34,35)(H,36,37)(H,23,27,33)/b9-3-/t10-,11-,13-,14-,15-,16-,17-,18-,20-/m1/s1. The van der Waals surface area contributed by atoms with Gasteiger partial charge in [0.15, 0.2) is 18.6 Å². The number of aliphatic hydroxyl groups is 4. The van der Waals surface area contributed by atoms with Gasteiger partial charge in [0.2, 0.25) is 11.7 Å². The number of aliphatic hydroxyl groups excluding tert-OH is 4. The highest BCUT2D eigenvalue weighted by Crippen LogP contribution is 2.61. The molecule has 0 saturated carbocycles. The molecule has 1 aromatic rings. The summed E-state index contributed by atoms with van der Waals surface area (Å²) < 4.78 is 55.4. The molecule has 2 unspecified atom stereocenters. The zero-order valence-electron chi connectivity index (χ0n) is 23.2. The van der Waals surface area contributed by atoms with E-state index in [9.17, 15) is 63.6 Å². The molecule has 45 heavy (non-hydrogen) atoms. The van der Waals surface area contributed by atoms with Crippen molar-refractivity contribution >= 4 is 27.5 Å².